The molecule has 1 aliphatic rings. The number of halogens is 1. The van der Waals surface area contributed by atoms with Crippen molar-refractivity contribution in [2.24, 2.45) is 7.05 Å². The summed E-state index contributed by atoms with van der Waals surface area (Å²) in [7, 11) is 3.42. The molecular weight excluding hydrogens is 394 g/mol. The number of hydrogen-bond acceptors (Lipinski definition) is 7. The Balaban J connectivity index is 1.34. The molecule has 0 saturated carbocycles. The zero-order chi connectivity index (χ0) is 20.4. The number of fused-ring (bicyclic) bond motifs is 1. The minimum Gasteiger partial charge on any atom is -0.495 e. The number of amides is 1. The molecule has 1 aromatic carbocycles. The molecular formula is C19H22ClN7O2. The van der Waals surface area contributed by atoms with Crippen molar-refractivity contribution in [3.63, 3.8) is 0 Å². The van der Waals surface area contributed by atoms with Gasteiger partial charge in [-0.05, 0) is 18.2 Å². The van der Waals surface area contributed by atoms with Crippen molar-refractivity contribution in [2.45, 2.75) is 0 Å². The van der Waals surface area contributed by atoms with Gasteiger partial charge < -0.3 is 15.0 Å². The Bertz CT molecular complexity index is 1030. The van der Waals surface area contributed by atoms with Crippen LogP contribution in [0.1, 0.15) is 0 Å². The third-order valence-corrected chi connectivity index (χ3v) is 5.28. The van der Waals surface area contributed by atoms with Crippen molar-refractivity contribution >= 4 is 40.0 Å². The second-order valence-corrected chi connectivity index (χ2v) is 7.27. The second kappa shape index (κ2) is 8.22. The minimum absolute atomic E-state index is 0.0728. The molecule has 10 heteroatoms. The maximum absolute atomic E-state index is 12.4. The highest BCUT2D eigenvalue weighted by Crippen LogP contribution is 2.27. The van der Waals surface area contributed by atoms with Gasteiger partial charge in [-0.25, -0.2) is 9.97 Å². The molecule has 1 N–H and O–H groups in total. The van der Waals surface area contributed by atoms with Gasteiger partial charge in [0.05, 0.1) is 30.3 Å². The van der Waals surface area contributed by atoms with E-state index in [9.17, 15) is 4.79 Å². The minimum atomic E-state index is -0.0728. The zero-order valence-electron chi connectivity index (χ0n) is 16.3. The molecule has 0 bridgehead atoms. The summed E-state index contributed by atoms with van der Waals surface area (Å²) in [5.74, 6) is 1.39. The second-order valence-electron chi connectivity index (χ2n) is 6.86. The molecule has 3 aromatic rings. The third kappa shape index (κ3) is 4.10. The SMILES string of the molecule is COc1ccc(NC(=O)CN2CCN(c3ncnc4c3cnn4C)CC2)cc1Cl. The molecule has 0 unspecified atom stereocenters. The van der Waals surface area contributed by atoms with E-state index in [1.54, 1.807) is 42.5 Å². The molecule has 0 atom stereocenters. The molecule has 1 aliphatic heterocycles. The summed E-state index contributed by atoms with van der Waals surface area (Å²) in [6.45, 7) is 3.42. The first kappa shape index (κ1) is 19.4. The van der Waals surface area contributed by atoms with Crippen molar-refractivity contribution in [1.82, 2.24) is 24.6 Å². The predicted molar refractivity (Wildman–Crippen MR) is 112 cm³/mol. The van der Waals surface area contributed by atoms with Gasteiger partial charge in [-0.15, -0.1) is 0 Å². The summed E-state index contributed by atoms with van der Waals surface area (Å²) >= 11 is 6.11. The normalized spacial score (nSPS) is 14.9. The molecule has 0 aliphatic carbocycles. The van der Waals surface area contributed by atoms with Crippen LogP contribution in [0.5, 0.6) is 5.75 Å². The van der Waals surface area contributed by atoms with Gasteiger partial charge >= 0.3 is 0 Å². The monoisotopic (exact) mass is 415 g/mol. The summed E-state index contributed by atoms with van der Waals surface area (Å²) in [6.07, 6.45) is 3.36. The lowest BCUT2D eigenvalue weighted by molar-refractivity contribution is -0.117. The number of nitrogens with one attached hydrogen (secondary N) is 1. The zero-order valence-corrected chi connectivity index (χ0v) is 17.1. The number of rotatable bonds is 5. The van der Waals surface area contributed by atoms with Crippen molar-refractivity contribution in [3.8, 4) is 5.75 Å². The van der Waals surface area contributed by atoms with E-state index in [4.69, 9.17) is 16.3 Å². The highest BCUT2D eigenvalue weighted by molar-refractivity contribution is 6.32. The number of nitrogens with zero attached hydrogens (tertiary/aromatic N) is 6. The van der Waals surface area contributed by atoms with E-state index in [1.807, 2.05) is 7.05 Å². The smallest absolute Gasteiger partial charge is 0.238 e. The van der Waals surface area contributed by atoms with Crippen LogP contribution in [-0.2, 0) is 11.8 Å². The molecule has 1 fully saturated rings. The Kier molecular flexibility index (Phi) is 5.50. The molecule has 4 rings (SSSR count). The number of methoxy groups -OCH3 is 1. The number of carbonyl (C=O) groups is 1. The van der Waals surface area contributed by atoms with Crippen LogP contribution < -0.4 is 15.0 Å². The summed E-state index contributed by atoms with van der Waals surface area (Å²) in [4.78, 5) is 25.5. The molecule has 0 radical (unpaired) electrons. The van der Waals surface area contributed by atoms with E-state index in [0.29, 0.717) is 23.0 Å². The number of carbonyl (C=O) groups excluding carboxylic acids is 1. The molecule has 1 amide bonds. The fourth-order valence-corrected chi connectivity index (χ4v) is 3.72. The van der Waals surface area contributed by atoms with Gasteiger partial charge in [0.1, 0.15) is 17.9 Å². The van der Waals surface area contributed by atoms with E-state index in [1.165, 1.54) is 0 Å². The number of ether oxygens (including phenoxy) is 1. The van der Waals surface area contributed by atoms with E-state index in [-0.39, 0.29) is 5.91 Å². The number of benzene rings is 1. The lowest BCUT2D eigenvalue weighted by atomic mass is 10.2. The van der Waals surface area contributed by atoms with Crippen LogP contribution in [0.15, 0.2) is 30.7 Å². The van der Waals surface area contributed by atoms with Gasteiger partial charge in [0.2, 0.25) is 5.91 Å². The molecule has 9 nitrogen and oxygen atoms in total. The Hall–Kier alpha value is -2.91. The van der Waals surface area contributed by atoms with Gasteiger partial charge in [0.25, 0.3) is 0 Å². The number of aromatic nitrogens is 4. The lowest BCUT2D eigenvalue weighted by Gasteiger charge is -2.35. The largest absolute Gasteiger partial charge is 0.495 e. The van der Waals surface area contributed by atoms with E-state index >= 15 is 0 Å². The van der Waals surface area contributed by atoms with Crippen LogP contribution in [0.2, 0.25) is 5.02 Å². The first-order valence-electron chi connectivity index (χ1n) is 9.28. The fourth-order valence-electron chi connectivity index (χ4n) is 3.47. The third-order valence-electron chi connectivity index (χ3n) is 4.98. The Morgan fingerprint density at radius 3 is 2.76 bits per heavy atom. The van der Waals surface area contributed by atoms with Crippen LogP contribution in [0.4, 0.5) is 11.5 Å². The maximum Gasteiger partial charge on any atom is 0.238 e. The van der Waals surface area contributed by atoms with Crippen molar-refractivity contribution in [2.75, 3.05) is 50.1 Å². The van der Waals surface area contributed by atoms with Gasteiger partial charge in [0, 0.05) is 38.9 Å². The number of anilines is 2. The standard InChI is InChI=1S/C19H22ClN7O2/c1-25-18-14(10-23-25)19(22-12-21-18)27-7-5-26(6-8-27)11-17(28)24-13-3-4-16(29-2)15(20)9-13/h3-4,9-10,12H,5-8,11H2,1-2H3,(H,24,28). The van der Waals surface area contributed by atoms with Gasteiger partial charge in [0.15, 0.2) is 5.65 Å². The number of piperazine rings is 1. The van der Waals surface area contributed by atoms with Crippen LogP contribution in [0.3, 0.4) is 0 Å². The Labute approximate surface area is 173 Å². The molecule has 152 valence electrons. The summed E-state index contributed by atoms with van der Waals surface area (Å²) in [6, 6.07) is 5.19. The highest BCUT2D eigenvalue weighted by atomic mass is 35.5. The van der Waals surface area contributed by atoms with Crippen LogP contribution >= 0.6 is 11.6 Å². The molecule has 0 spiro atoms. The number of aryl methyl sites for hydroxylation is 1. The average molecular weight is 416 g/mol. The quantitative estimate of drug-likeness (QED) is 0.679. The van der Waals surface area contributed by atoms with E-state index in [2.05, 4.69) is 30.2 Å². The molecule has 1 saturated heterocycles. The van der Waals surface area contributed by atoms with Gasteiger partial charge in [-0.3, -0.25) is 14.4 Å². The number of hydrogen-bond donors (Lipinski definition) is 1. The maximum atomic E-state index is 12.4. The van der Waals surface area contributed by atoms with Gasteiger partial charge in [-0.2, -0.15) is 5.10 Å². The highest BCUT2D eigenvalue weighted by Gasteiger charge is 2.22. The summed E-state index contributed by atoms with van der Waals surface area (Å²) in [5.41, 5.74) is 1.47. The van der Waals surface area contributed by atoms with E-state index in [0.717, 1.165) is 43.0 Å². The molecule has 3 heterocycles. The predicted octanol–water partition coefficient (Wildman–Crippen LogP) is 1.79. The van der Waals surface area contributed by atoms with Crippen molar-refractivity contribution in [1.29, 1.82) is 0 Å². The van der Waals surface area contributed by atoms with Gasteiger partial charge in [-0.1, -0.05) is 11.6 Å². The van der Waals surface area contributed by atoms with Crippen LogP contribution in [0.25, 0.3) is 11.0 Å². The lowest BCUT2D eigenvalue weighted by Crippen LogP contribution is -2.49. The first-order valence-corrected chi connectivity index (χ1v) is 9.66. The molecule has 2 aromatic heterocycles. The average Bonchev–Trinajstić information content (AvgIpc) is 3.10. The summed E-state index contributed by atoms with van der Waals surface area (Å²) in [5, 5.41) is 8.56. The van der Waals surface area contributed by atoms with E-state index < -0.39 is 0 Å². The Morgan fingerprint density at radius 2 is 2.03 bits per heavy atom. The Morgan fingerprint density at radius 1 is 1.24 bits per heavy atom. The van der Waals surface area contributed by atoms with Crippen molar-refractivity contribution < 1.29 is 9.53 Å². The fraction of sp³-hybridized carbons (Fsp3) is 0.368. The van der Waals surface area contributed by atoms with Crippen molar-refractivity contribution in [3.05, 3.63) is 35.7 Å². The first-order chi connectivity index (χ1) is 14.0. The van der Waals surface area contributed by atoms with Crippen LogP contribution in [-0.4, -0.2) is 70.4 Å². The topological polar surface area (TPSA) is 88.4 Å². The summed E-state index contributed by atoms with van der Waals surface area (Å²) < 4.78 is 6.87. The van der Waals surface area contributed by atoms with Crippen LogP contribution in [0, 0.1) is 0 Å². The molecule has 29 heavy (non-hydrogen) atoms.